The molecule has 122 valence electrons. The number of carbonyl (C=O) groups excluding carboxylic acids is 1. The molecular formula is C13H20N4O5. The van der Waals surface area contributed by atoms with Gasteiger partial charge in [-0.05, 0) is 14.1 Å². The second-order valence-electron chi connectivity index (χ2n) is 4.73. The number of ether oxygens (including phenoxy) is 2. The molecule has 22 heavy (non-hydrogen) atoms. The van der Waals surface area contributed by atoms with Gasteiger partial charge in [0, 0.05) is 19.2 Å². The number of anilines is 1. The van der Waals surface area contributed by atoms with Gasteiger partial charge < -0.3 is 25.4 Å². The van der Waals surface area contributed by atoms with E-state index in [2.05, 4.69) is 5.32 Å². The van der Waals surface area contributed by atoms with Crippen molar-refractivity contribution in [1.82, 2.24) is 4.90 Å². The van der Waals surface area contributed by atoms with E-state index in [1.807, 2.05) is 19.0 Å². The number of nitrogens with zero attached hydrogens (tertiary/aromatic N) is 2. The number of carbonyl (C=O) groups is 1. The molecular weight excluding hydrogens is 292 g/mol. The summed E-state index contributed by atoms with van der Waals surface area (Å²) in [5.74, 6) is -0.969. The fourth-order valence-corrected chi connectivity index (χ4v) is 1.95. The Hall–Kier alpha value is -2.55. The average molecular weight is 312 g/mol. The summed E-state index contributed by atoms with van der Waals surface area (Å²) in [6, 6.07) is 1.37. The Bertz CT molecular complexity index is 574. The number of hydrogen-bond acceptors (Lipinski definition) is 7. The Morgan fingerprint density at radius 2 is 2.05 bits per heavy atom. The van der Waals surface area contributed by atoms with Crippen molar-refractivity contribution in [2.24, 2.45) is 5.73 Å². The van der Waals surface area contributed by atoms with Crippen LogP contribution in [0.3, 0.4) is 0 Å². The molecule has 0 unspecified atom stereocenters. The van der Waals surface area contributed by atoms with Crippen molar-refractivity contribution in [3.05, 3.63) is 21.7 Å². The fraction of sp³-hybridized carbons (Fsp3) is 0.462. The van der Waals surface area contributed by atoms with E-state index in [1.54, 1.807) is 0 Å². The zero-order valence-corrected chi connectivity index (χ0v) is 13.0. The zero-order chi connectivity index (χ0) is 16.9. The van der Waals surface area contributed by atoms with E-state index < -0.39 is 10.8 Å². The highest BCUT2D eigenvalue weighted by atomic mass is 16.6. The molecule has 0 aliphatic carbocycles. The average Bonchev–Trinajstić information content (AvgIpc) is 2.44. The van der Waals surface area contributed by atoms with Gasteiger partial charge in [0.05, 0.1) is 19.1 Å². The highest BCUT2D eigenvalue weighted by molar-refractivity contribution is 6.01. The minimum atomic E-state index is -0.864. The van der Waals surface area contributed by atoms with Crippen molar-refractivity contribution in [2.45, 2.75) is 0 Å². The third-order valence-electron chi connectivity index (χ3n) is 2.95. The molecule has 0 saturated heterocycles. The molecule has 0 bridgehead atoms. The Morgan fingerprint density at radius 3 is 2.45 bits per heavy atom. The summed E-state index contributed by atoms with van der Waals surface area (Å²) in [4.78, 5) is 24.2. The van der Waals surface area contributed by atoms with E-state index in [0.717, 1.165) is 0 Å². The number of nitro groups is 1. The standard InChI is InChI=1S/C13H20N4O5/c1-16(2)6-5-15-8-7-9(21-3)10(13(14)18)12(22-4)11(8)17(19)20/h7,15H,5-6H2,1-4H3,(H2,14,18). The number of benzene rings is 1. The van der Waals surface area contributed by atoms with Crippen molar-refractivity contribution in [2.75, 3.05) is 46.7 Å². The van der Waals surface area contributed by atoms with Gasteiger partial charge in [0.15, 0.2) is 0 Å². The largest absolute Gasteiger partial charge is 0.496 e. The van der Waals surface area contributed by atoms with E-state index in [9.17, 15) is 14.9 Å². The maximum absolute atomic E-state index is 11.6. The first-order valence-electron chi connectivity index (χ1n) is 6.45. The zero-order valence-electron chi connectivity index (χ0n) is 13.0. The Kier molecular flexibility index (Phi) is 5.93. The van der Waals surface area contributed by atoms with E-state index >= 15 is 0 Å². The molecule has 0 atom stereocenters. The summed E-state index contributed by atoms with van der Waals surface area (Å²) in [6.45, 7) is 1.13. The third-order valence-corrected chi connectivity index (χ3v) is 2.95. The molecule has 1 rings (SSSR count). The van der Waals surface area contributed by atoms with Crippen LogP contribution >= 0.6 is 0 Å². The van der Waals surface area contributed by atoms with Crippen LogP contribution in [0.4, 0.5) is 11.4 Å². The molecule has 1 amide bonds. The number of nitro benzene ring substituents is 1. The van der Waals surface area contributed by atoms with E-state index in [4.69, 9.17) is 15.2 Å². The summed E-state index contributed by atoms with van der Waals surface area (Å²) in [5, 5.41) is 14.3. The number of methoxy groups -OCH3 is 2. The SMILES string of the molecule is COc1cc(NCCN(C)C)c([N+](=O)[O-])c(OC)c1C(N)=O. The molecule has 1 aromatic rings. The highest BCUT2D eigenvalue weighted by Crippen LogP contribution is 2.43. The van der Waals surface area contributed by atoms with Gasteiger partial charge in [0.25, 0.3) is 5.91 Å². The number of nitrogens with one attached hydrogen (secondary N) is 1. The van der Waals surface area contributed by atoms with E-state index in [1.165, 1.54) is 20.3 Å². The first-order chi connectivity index (χ1) is 10.3. The summed E-state index contributed by atoms with van der Waals surface area (Å²) in [7, 11) is 6.34. The van der Waals surface area contributed by atoms with Crippen LogP contribution in [0.2, 0.25) is 0 Å². The summed E-state index contributed by atoms with van der Waals surface area (Å²) in [6.07, 6.45) is 0. The molecule has 9 nitrogen and oxygen atoms in total. The summed E-state index contributed by atoms with van der Waals surface area (Å²) < 4.78 is 10.1. The molecule has 0 spiro atoms. The number of primary amides is 1. The lowest BCUT2D eigenvalue weighted by molar-refractivity contribution is -0.384. The topological polar surface area (TPSA) is 120 Å². The molecule has 3 N–H and O–H groups in total. The number of hydrogen-bond donors (Lipinski definition) is 2. The molecule has 0 radical (unpaired) electrons. The quantitative estimate of drug-likeness (QED) is 0.535. The van der Waals surface area contributed by atoms with Gasteiger partial charge in [-0.3, -0.25) is 14.9 Å². The van der Waals surface area contributed by atoms with E-state index in [0.29, 0.717) is 13.1 Å². The number of amides is 1. The van der Waals surface area contributed by atoms with Crippen LogP contribution in [0.1, 0.15) is 10.4 Å². The van der Waals surface area contributed by atoms with Gasteiger partial charge in [-0.2, -0.15) is 0 Å². The number of nitrogens with two attached hydrogens (primary N) is 1. The van der Waals surface area contributed by atoms with Crippen molar-refractivity contribution in [3.63, 3.8) is 0 Å². The normalized spacial score (nSPS) is 10.4. The van der Waals surface area contributed by atoms with Crippen LogP contribution in [0.15, 0.2) is 6.07 Å². The lowest BCUT2D eigenvalue weighted by atomic mass is 10.1. The highest BCUT2D eigenvalue weighted by Gasteiger charge is 2.30. The molecule has 0 heterocycles. The molecule has 0 aliphatic heterocycles. The summed E-state index contributed by atoms with van der Waals surface area (Å²) >= 11 is 0. The van der Waals surface area contributed by atoms with Crippen LogP contribution in [0.25, 0.3) is 0 Å². The van der Waals surface area contributed by atoms with Crippen LogP contribution in [0.5, 0.6) is 11.5 Å². The third kappa shape index (κ3) is 3.76. The van der Waals surface area contributed by atoms with Gasteiger partial charge in [-0.15, -0.1) is 0 Å². The van der Waals surface area contributed by atoms with Gasteiger partial charge in [-0.25, -0.2) is 0 Å². The molecule has 0 fully saturated rings. The molecule has 0 aliphatic rings. The maximum Gasteiger partial charge on any atom is 0.334 e. The van der Waals surface area contributed by atoms with Gasteiger partial charge >= 0.3 is 5.69 Å². The van der Waals surface area contributed by atoms with Crippen molar-refractivity contribution >= 4 is 17.3 Å². The van der Waals surface area contributed by atoms with Crippen molar-refractivity contribution in [1.29, 1.82) is 0 Å². The smallest absolute Gasteiger partial charge is 0.334 e. The molecule has 9 heteroatoms. The second-order valence-corrected chi connectivity index (χ2v) is 4.73. The Balaban J connectivity index is 3.42. The van der Waals surface area contributed by atoms with Gasteiger partial charge in [-0.1, -0.05) is 0 Å². The molecule has 0 aromatic heterocycles. The predicted octanol–water partition coefficient (Wildman–Crippen LogP) is 0.684. The Labute approximate surface area is 128 Å². The summed E-state index contributed by atoms with van der Waals surface area (Å²) in [5.41, 5.74) is 4.97. The first-order valence-corrected chi connectivity index (χ1v) is 6.45. The lowest BCUT2D eigenvalue weighted by Gasteiger charge is -2.16. The van der Waals surface area contributed by atoms with Gasteiger partial charge in [0.1, 0.15) is 17.0 Å². The van der Waals surface area contributed by atoms with Crippen molar-refractivity contribution in [3.8, 4) is 11.5 Å². The minimum Gasteiger partial charge on any atom is -0.496 e. The first kappa shape index (κ1) is 17.5. The van der Waals surface area contributed by atoms with Crippen molar-refractivity contribution < 1.29 is 19.2 Å². The van der Waals surface area contributed by atoms with E-state index in [-0.39, 0.29) is 28.4 Å². The molecule has 0 saturated carbocycles. The van der Waals surface area contributed by atoms with Crippen LogP contribution in [0, 0.1) is 10.1 Å². The van der Waals surface area contributed by atoms with Gasteiger partial charge in [0.2, 0.25) is 5.75 Å². The maximum atomic E-state index is 11.6. The monoisotopic (exact) mass is 312 g/mol. The van der Waals surface area contributed by atoms with Crippen LogP contribution in [-0.2, 0) is 0 Å². The number of rotatable bonds is 8. The second kappa shape index (κ2) is 7.46. The number of likely N-dealkylation sites (N-methyl/N-ethyl adjacent to an activating group) is 1. The minimum absolute atomic E-state index is 0.113. The lowest BCUT2D eigenvalue weighted by Crippen LogP contribution is -2.21. The predicted molar refractivity (Wildman–Crippen MR) is 81.8 cm³/mol. The van der Waals surface area contributed by atoms with Crippen LogP contribution in [-0.4, -0.2) is 57.1 Å². The Morgan fingerprint density at radius 1 is 1.41 bits per heavy atom. The fourth-order valence-electron chi connectivity index (χ4n) is 1.95. The molecule has 1 aromatic carbocycles. The van der Waals surface area contributed by atoms with Crippen LogP contribution < -0.4 is 20.5 Å².